The first-order valence-electron chi connectivity index (χ1n) is 8.69. The van der Waals surface area contributed by atoms with E-state index in [0.717, 1.165) is 24.8 Å². The van der Waals surface area contributed by atoms with Gasteiger partial charge < -0.3 is 5.32 Å². The van der Waals surface area contributed by atoms with Crippen molar-refractivity contribution >= 4 is 5.91 Å². The van der Waals surface area contributed by atoms with Gasteiger partial charge in [-0.05, 0) is 49.2 Å². The molecule has 1 aliphatic heterocycles. The summed E-state index contributed by atoms with van der Waals surface area (Å²) in [5.41, 5.74) is 0. The predicted octanol–water partition coefficient (Wildman–Crippen LogP) is -0.299. The highest BCUT2D eigenvalue weighted by Crippen LogP contribution is 2.17. The summed E-state index contributed by atoms with van der Waals surface area (Å²) in [5.74, 6) is 1.39. The quantitative estimate of drug-likeness (QED) is 0.733. The van der Waals surface area contributed by atoms with Crippen LogP contribution in [0.4, 0.5) is 0 Å². The van der Waals surface area contributed by atoms with Gasteiger partial charge in [0.25, 0.3) is 0 Å². The number of carbonyl (C=O) groups excluding carboxylic acids is 1. The van der Waals surface area contributed by atoms with Crippen molar-refractivity contribution < 1.29 is 4.79 Å². The van der Waals surface area contributed by atoms with E-state index in [1.54, 1.807) is 15.7 Å². The zero-order valence-electron chi connectivity index (χ0n) is 14.7. The minimum Gasteiger partial charge on any atom is -0.350 e. The van der Waals surface area contributed by atoms with Crippen molar-refractivity contribution in [2.45, 2.75) is 52.4 Å². The van der Waals surface area contributed by atoms with Crippen molar-refractivity contribution in [2.24, 2.45) is 5.92 Å². The summed E-state index contributed by atoms with van der Waals surface area (Å²) < 4.78 is 3.26. The van der Waals surface area contributed by atoms with Crippen LogP contribution in [0.2, 0.25) is 0 Å². The van der Waals surface area contributed by atoms with E-state index in [4.69, 9.17) is 0 Å². The van der Waals surface area contributed by atoms with Crippen molar-refractivity contribution in [3.05, 3.63) is 18.5 Å². The lowest BCUT2D eigenvalue weighted by Crippen LogP contribution is -2.39. The SMILES string of the molecule is CC1CCN(Cc2nnnn2CC(=O)N[C@@H](C)Cn2cncn2)CC1. The number of hydrogen-bond donors (Lipinski definition) is 1. The Morgan fingerprint density at radius 2 is 2.20 bits per heavy atom. The zero-order chi connectivity index (χ0) is 17.6. The van der Waals surface area contributed by atoms with E-state index >= 15 is 0 Å². The molecule has 0 bridgehead atoms. The molecule has 3 heterocycles. The molecule has 0 unspecified atom stereocenters. The number of piperidine rings is 1. The van der Waals surface area contributed by atoms with Crippen LogP contribution in [-0.2, 0) is 24.4 Å². The number of nitrogens with zero attached hydrogens (tertiary/aromatic N) is 8. The first-order chi connectivity index (χ1) is 12.1. The molecule has 10 heteroatoms. The molecule has 3 rings (SSSR count). The van der Waals surface area contributed by atoms with Crippen molar-refractivity contribution in [2.75, 3.05) is 13.1 Å². The summed E-state index contributed by atoms with van der Waals surface area (Å²) >= 11 is 0. The second-order valence-electron chi connectivity index (χ2n) is 6.80. The molecular formula is C15H25N9O. The Labute approximate surface area is 146 Å². The average molecular weight is 347 g/mol. The maximum atomic E-state index is 12.3. The first-order valence-corrected chi connectivity index (χ1v) is 8.69. The molecule has 1 N–H and O–H groups in total. The Hall–Kier alpha value is -2.36. The van der Waals surface area contributed by atoms with E-state index in [0.29, 0.717) is 13.1 Å². The van der Waals surface area contributed by atoms with E-state index in [1.165, 1.54) is 19.2 Å². The Balaban J connectivity index is 1.49. The number of tetrazole rings is 1. The first kappa shape index (κ1) is 17.5. The predicted molar refractivity (Wildman–Crippen MR) is 89.1 cm³/mol. The molecule has 2 aromatic rings. The number of nitrogens with one attached hydrogen (secondary N) is 1. The maximum absolute atomic E-state index is 12.3. The minimum atomic E-state index is -0.117. The zero-order valence-corrected chi connectivity index (χ0v) is 14.7. The van der Waals surface area contributed by atoms with Gasteiger partial charge in [-0.1, -0.05) is 6.92 Å². The van der Waals surface area contributed by atoms with Crippen LogP contribution in [-0.4, -0.2) is 64.9 Å². The maximum Gasteiger partial charge on any atom is 0.242 e. The number of aromatic nitrogens is 7. The van der Waals surface area contributed by atoms with Crippen LogP contribution < -0.4 is 5.32 Å². The van der Waals surface area contributed by atoms with Gasteiger partial charge in [-0.25, -0.2) is 9.67 Å². The molecule has 1 fully saturated rings. The Morgan fingerprint density at radius 1 is 1.40 bits per heavy atom. The largest absolute Gasteiger partial charge is 0.350 e. The summed E-state index contributed by atoms with van der Waals surface area (Å²) in [7, 11) is 0. The van der Waals surface area contributed by atoms with E-state index in [-0.39, 0.29) is 18.5 Å². The molecule has 25 heavy (non-hydrogen) atoms. The van der Waals surface area contributed by atoms with Crippen LogP contribution in [0, 0.1) is 5.92 Å². The molecule has 1 atom stereocenters. The van der Waals surface area contributed by atoms with Crippen LogP contribution in [0.25, 0.3) is 0 Å². The number of carbonyl (C=O) groups is 1. The second kappa shape index (κ2) is 8.15. The molecule has 1 aliphatic rings. The number of rotatable bonds is 7. The second-order valence-corrected chi connectivity index (χ2v) is 6.80. The lowest BCUT2D eigenvalue weighted by atomic mass is 9.99. The van der Waals surface area contributed by atoms with Gasteiger partial charge in [0.15, 0.2) is 5.82 Å². The summed E-state index contributed by atoms with van der Waals surface area (Å²) in [6, 6.07) is -0.0577. The van der Waals surface area contributed by atoms with Crippen LogP contribution >= 0.6 is 0 Å². The smallest absolute Gasteiger partial charge is 0.242 e. The van der Waals surface area contributed by atoms with E-state index in [2.05, 4.69) is 42.7 Å². The summed E-state index contributed by atoms with van der Waals surface area (Å²) in [6.45, 7) is 7.68. The van der Waals surface area contributed by atoms with Gasteiger partial charge in [0.1, 0.15) is 19.2 Å². The van der Waals surface area contributed by atoms with Gasteiger partial charge in [-0.2, -0.15) is 5.10 Å². The normalized spacial score (nSPS) is 17.5. The fourth-order valence-corrected chi connectivity index (χ4v) is 2.99. The fourth-order valence-electron chi connectivity index (χ4n) is 2.99. The summed E-state index contributed by atoms with van der Waals surface area (Å²) in [6.07, 6.45) is 5.49. The van der Waals surface area contributed by atoms with Crippen LogP contribution in [0.5, 0.6) is 0 Å². The highest BCUT2D eigenvalue weighted by Gasteiger charge is 2.19. The fraction of sp³-hybridized carbons (Fsp3) is 0.733. The van der Waals surface area contributed by atoms with E-state index < -0.39 is 0 Å². The molecule has 2 aromatic heterocycles. The van der Waals surface area contributed by atoms with Crippen LogP contribution in [0.15, 0.2) is 12.7 Å². The van der Waals surface area contributed by atoms with Crippen LogP contribution in [0.1, 0.15) is 32.5 Å². The van der Waals surface area contributed by atoms with Gasteiger partial charge in [0.05, 0.1) is 13.1 Å². The Morgan fingerprint density at radius 3 is 2.92 bits per heavy atom. The molecule has 0 aliphatic carbocycles. The monoisotopic (exact) mass is 347 g/mol. The highest BCUT2D eigenvalue weighted by atomic mass is 16.2. The molecular weight excluding hydrogens is 322 g/mol. The molecule has 136 valence electrons. The molecule has 1 saturated heterocycles. The van der Waals surface area contributed by atoms with Gasteiger partial charge in [0, 0.05) is 6.04 Å². The molecule has 1 amide bonds. The van der Waals surface area contributed by atoms with Crippen molar-refractivity contribution in [3.8, 4) is 0 Å². The summed E-state index contributed by atoms with van der Waals surface area (Å²) in [5, 5.41) is 18.7. The molecule has 0 spiro atoms. The Kier molecular flexibility index (Phi) is 5.69. The van der Waals surface area contributed by atoms with Gasteiger partial charge >= 0.3 is 0 Å². The average Bonchev–Trinajstić information content (AvgIpc) is 3.22. The third kappa shape index (κ3) is 5.05. The lowest BCUT2D eigenvalue weighted by molar-refractivity contribution is -0.122. The lowest BCUT2D eigenvalue weighted by Gasteiger charge is -2.29. The molecule has 0 aromatic carbocycles. The van der Waals surface area contributed by atoms with Gasteiger partial charge in [-0.3, -0.25) is 14.4 Å². The molecule has 10 nitrogen and oxygen atoms in total. The third-order valence-electron chi connectivity index (χ3n) is 4.48. The third-order valence-corrected chi connectivity index (χ3v) is 4.48. The van der Waals surface area contributed by atoms with Crippen molar-refractivity contribution in [3.63, 3.8) is 0 Å². The topological polar surface area (TPSA) is 107 Å². The molecule has 0 saturated carbocycles. The van der Waals surface area contributed by atoms with Gasteiger partial charge in [-0.15, -0.1) is 5.10 Å². The highest BCUT2D eigenvalue weighted by molar-refractivity contribution is 5.75. The van der Waals surface area contributed by atoms with E-state index in [1.807, 2.05) is 6.92 Å². The number of likely N-dealkylation sites (tertiary alicyclic amines) is 1. The molecule has 0 radical (unpaired) electrons. The van der Waals surface area contributed by atoms with Crippen LogP contribution in [0.3, 0.4) is 0 Å². The Bertz CT molecular complexity index is 660. The van der Waals surface area contributed by atoms with Crippen molar-refractivity contribution in [1.29, 1.82) is 0 Å². The van der Waals surface area contributed by atoms with E-state index in [9.17, 15) is 4.79 Å². The number of hydrogen-bond acceptors (Lipinski definition) is 7. The van der Waals surface area contributed by atoms with Crippen molar-refractivity contribution in [1.82, 2.24) is 45.2 Å². The standard InChI is InChI=1S/C15H25N9O/c1-12-3-5-22(6-4-12)8-14-19-20-21-24(14)9-15(25)18-13(2)7-23-11-16-10-17-23/h10-13H,3-9H2,1-2H3,(H,18,25)/t13-/m0/s1. The summed E-state index contributed by atoms with van der Waals surface area (Å²) in [4.78, 5) is 18.5. The minimum absolute atomic E-state index is 0.0577. The number of amides is 1. The van der Waals surface area contributed by atoms with Gasteiger partial charge in [0.2, 0.25) is 5.91 Å².